The summed E-state index contributed by atoms with van der Waals surface area (Å²) >= 11 is 1.30. The lowest BCUT2D eigenvalue weighted by molar-refractivity contribution is -0.136. The van der Waals surface area contributed by atoms with Gasteiger partial charge >= 0.3 is 0 Å². The molecule has 1 fully saturated rings. The van der Waals surface area contributed by atoms with Gasteiger partial charge in [-0.2, -0.15) is 0 Å². The first-order valence-corrected chi connectivity index (χ1v) is 16.8. The van der Waals surface area contributed by atoms with Crippen LogP contribution in [0.15, 0.2) is 59.5 Å². The molecule has 3 heterocycles. The van der Waals surface area contributed by atoms with Gasteiger partial charge in [0.2, 0.25) is 17.7 Å². The van der Waals surface area contributed by atoms with Crippen LogP contribution in [0.2, 0.25) is 0 Å². The van der Waals surface area contributed by atoms with Gasteiger partial charge in [0.25, 0.3) is 11.8 Å². The summed E-state index contributed by atoms with van der Waals surface area (Å²) in [6.07, 6.45) is 2.11. The Balaban J connectivity index is 0.986. The SMILES string of the molecule is CN(Cc1ccc(-c2[nH]c3cc(F)cc4c3c2CCCC4=O)cc1)C(=O)CCSc1cccc2c1C(=O)N(C1CCC(=O)NC1=O)C2=O. The number of amides is 5. The van der Waals surface area contributed by atoms with E-state index in [1.54, 1.807) is 30.1 Å². The van der Waals surface area contributed by atoms with Gasteiger partial charge in [0.1, 0.15) is 11.9 Å². The normalized spacial score (nSPS) is 17.5. The number of thioether (sulfide) groups is 1. The summed E-state index contributed by atoms with van der Waals surface area (Å²) in [5.41, 5.74) is 5.18. The summed E-state index contributed by atoms with van der Waals surface area (Å²) in [5, 5.41) is 2.99. The van der Waals surface area contributed by atoms with Crippen LogP contribution < -0.4 is 5.32 Å². The fourth-order valence-corrected chi connectivity index (χ4v) is 7.84. The van der Waals surface area contributed by atoms with E-state index in [0.29, 0.717) is 47.5 Å². The molecule has 3 aromatic carbocycles. The number of Topliss-reactive ketones (excluding diaryl/α,β-unsaturated/α-hetero) is 1. The number of nitrogens with one attached hydrogen (secondary N) is 2. The maximum absolute atomic E-state index is 14.3. The number of hydrogen-bond donors (Lipinski definition) is 2. The molecular formula is C36H31FN4O6S. The first kappa shape index (κ1) is 31.5. The van der Waals surface area contributed by atoms with Crippen LogP contribution in [-0.2, 0) is 27.3 Å². The second-order valence-electron chi connectivity index (χ2n) is 12.3. The second kappa shape index (κ2) is 12.5. The van der Waals surface area contributed by atoms with Gasteiger partial charge in [0.05, 0.1) is 11.1 Å². The molecule has 2 N–H and O–H groups in total. The van der Waals surface area contributed by atoms with Crippen molar-refractivity contribution in [2.24, 2.45) is 0 Å². The van der Waals surface area contributed by atoms with Crippen LogP contribution in [0.4, 0.5) is 4.39 Å². The number of carbonyl (C=O) groups excluding carboxylic acids is 6. The first-order valence-electron chi connectivity index (χ1n) is 15.8. The highest BCUT2D eigenvalue weighted by Gasteiger charge is 2.45. The van der Waals surface area contributed by atoms with Crippen molar-refractivity contribution in [3.05, 3.63) is 88.2 Å². The highest BCUT2D eigenvalue weighted by Crippen LogP contribution is 2.38. The molecule has 1 aromatic heterocycles. The van der Waals surface area contributed by atoms with Crippen LogP contribution >= 0.6 is 11.8 Å². The number of benzene rings is 3. The zero-order valence-corrected chi connectivity index (χ0v) is 26.9. The number of piperidine rings is 1. The van der Waals surface area contributed by atoms with E-state index < -0.39 is 35.5 Å². The molecule has 1 unspecified atom stereocenters. The first-order chi connectivity index (χ1) is 23.1. The van der Waals surface area contributed by atoms with E-state index >= 15 is 0 Å². The Bertz CT molecular complexity index is 2060. The number of halogens is 1. The van der Waals surface area contributed by atoms with Gasteiger partial charge in [0, 0.05) is 65.7 Å². The molecule has 48 heavy (non-hydrogen) atoms. The predicted molar refractivity (Wildman–Crippen MR) is 176 cm³/mol. The zero-order chi connectivity index (χ0) is 33.7. The van der Waals surface area contributed by atoms with Crippen molar-refractivity contribution in [2.75, 3.05) is 12.8 Å². The summed E-state index contributed by atoms with van der Waals surface area (Å²) in [6.45, 7) is 0.377. The van der Waals surface area contributed by atoms with Crippen molar-refractivity contribution < 1.29 is 33.2 Å². The smallest absolute Gasteiger partial charge is 0.263 e. The summed E-state index contributed by atoms with van der Waals surface area (Å²) in [4.78, 5) is 82.5. The van der Waals surface area contributed by atoms with E-state index in [4.69, 9.17) is 0 Å². The summed E-state index contributed by atoms with van der Waals surface area (Å²) in [6, 6.07) is 14.5. The third-order valence-corrected chi connectivity index (χ3v) is 10.2. The van der Waals surface area contributed by atoms with Crippen LogP contribution in [0.25, 0.3) is 22.2 Å². The monoisotopic (exact) mass is 666 g/mol. The minimum atomic E-state index is -1.04. The standard InChI is InChI=1S/C36H31FN4O6S/c1-40(18-19-8-10-20(11-9-19)33-22-4-2-6-27(42)24-16-21(37)17-25(38-33)31(22)24)30(44)14-15-48-28-7-3-5-23-32(28)36(47)41(35(23)46)26-12-13-29(43)39-34(26)45/h3,5,7-11,16-17,26,38H,2,4,6,12-15,18H2,1H3,(H,39,43,45). The maximum atomic E-state index is 14.3. The molecule has 12 heteroatoms. The van der Waals surface area contributed by atoms with E-state index in [9.17, 15) is 33.2 Å². The average molecular weight is 667 g/mol. The van der Waals surface area contributed by atoms with Gasteiger partial charge in [-0.1, -0.05) is 30.3 Å². The van der Waals surface area contributed by atoms with Gasteiger partial charge in [-0.05, 0) is 60.2 Å². The molecule has 5 amide bonds. The highest BCUT2D eigenvalue weighted by atomic mass is 32.2. The molecule has 244 valence electrons. The number of nitrogens with zero attached hydrogens (tertiary/aromatic N) is 2. The number of aromatic nitrogens is 1. The van der Waals surface area contributed by atoms with Gasteiger partial charge in [-0.25, -0.2) is 4.39 Å². The Kier molecular flexibility index (Phi) is 8.20. The van der Waals surface area contributed by atoms with Gasteiger partial charge in [0.15, 0.2) is 5.78 Å². The molecule has 0 bridgehead atoms. The molecule has 3 aliphatic rings. The fourth-order valence-electron chi connectivity index (χ4n) is 6.82. The number of imide groups is 2. The molecule has 0 spiro atoms. The topological polar surface area (TPSA) is 137 Å². The number of ketones is 1. The van der Waals surface area contributed by atoms with Gasteiger partial charge < -0.3 is 9.88 Å². The number of aromatic amines is 1. The average Bonchev–Trinajstić information content (AvgIpc) is 3.48. The molecule has 1 atom stereocenters. The summed E-state index contributed by atoms with van der Waals surface area (Å²) in [7, 11) is 1.72. The largest absolute Gasteiger partial charge is 0.354 e. The molecule has 10 nitrogen and oxygen atoms in total. The molecule has 1 saturated heterocycles. The highest BCUT2D eigenvalue weighted by molar-refractivity contribution is 7.99. The van der Waals surface area contributed by atoms with Gasteiger partial charge in [-0.3, -0.25) is 39.0 Å². The lowest BCUT2D eigenvalue weighted by atomic mass is 9.99. The van der Waals surface area contributed by atoms with Gasteiger partial charge in [-0.15, -0.1) is 11.8 Å². The van der Waals surface area contributed by atoms with Crippen LogP contribution in [0.3, 0.4) is 0 Å². The van der Waals surface area contributed by atoms with E-state index in [2.05, 4.69) is 10.3 Å². The van der Waals surface area contributed by atoms with Crippen molar-refractivity contribution in [1.82, 2.24) is 20.1 Å². The third kappa shape index (κ3) is 5.59. The predicted octanol–water partition coefficient (Wildman–Crippen LogP) is 5.04. The number of H-pyrrole nitrogens is 1. The lowest BCUT2D eigenvalue weighted by Crippen LogP contribution is -2.54. The number of hydrogen-bond acceptors (Lipinski definition) is 7. The van der Waals surface area contributed by atoms with Crippen LogP contribution in [0, 0.1) is 5.82 Å². The van der Waals surface area contributed by atoms with E-state index in [-0.39, 0.29) is 42.1 Å². The van der Waals surface area contributed by atoms with Crippen molar-refractivity contribution in [1.29, 1.82) is 0 Å². The molecule has 2 aliphatic heterocycles. The molecule has 4 aromatic rings. The number of rotatable bonds is 8. The molecule has 1 aliphatic carbocycles. The van der Waals surface area contributed by atoms with E-state index in [1.165, 1.54) is 23.9 Å². The van der Waals surface area contributed by atoms with Crippen LogP contribution in [0.5, 0.6) is 0 Å². The number of carbonyl (C=O) groups is 6. The Hall–Kier alpha value is -5.10. The Morgan fingerprint density at radius 3 is 2.54 bits per heavy atom. The minimum absolute atomic E-state index is 0.0436. The molecule has 0 saturated carbocycles. The lowest BCUT2D eigenvalue weighted by Gasteiger charge is -2.27. The minimum Gasteiger partial charge on any atom is -0.354 e. The zero-order valence-electron chi connectivity index (χ0n) is 26.1. The molecule has 0 radical (unpaired) electrons. The van der Waals surface area contributed by atoms with Crippen molar-refractivity contribution in [2.45, 2.75) is 56.0 Å². The Labute approximate surface area is 279 Å². The quantitative estimate of drug-likeness (QED) is 0.199. The van der Waals surface area contributed by atoms with Crippen LogP contribution in [-0.4, -0.2) is 68.9 Å². The van der Waals surface area contributed by atoms with Crippen molar-refractivity contribution >= 4 is 58.0 Å². The van der Waals surface area contributed by atoms with Crippen molar-refractivity contribution in [3.8, 4) is 11.3 Å². The Morgan fingerprint density at radius 1 is 0.979 bits per heavy atom. The van der Waals surface area contributed by atoms with Crippen LogP contribution in [0.1, 0.15) is 74.3 Å². The molecule has 7 rings (SSSR count). The number of fused-ring (bicyclic) bond motifs is 1. The van der Waals surface area contributed by atoms with Crippen molar-refractivity contribution in [3.63, 3.8) is 0 Å². The number of aryl methyl sites for hydroxylation is 1. The Morgan fingerprint density at radius 2 is 1.77 bits per heavy atom. The van der Waals surface area contributed by atoms with E-state index in [1.807, 2.05) is 24.3 Å². The second-order valence-corrected chi connectivity index (χ2v) is 13.4. The summed E-state index contributed by atoms with van der Waals surface area (Å²) < 4.78 is 14.3. The third-order valence-electron chi connectivity index (χ3n) is 9.19. The molecular weight excluding hydrogens is 635 g/mol. The maximum Gasteiger partial charge on any atom is 0.263 e. The fraction of sp³-hybridized carbons (Fsp3) is 0.278. The van der Waals surface area contributed by atoms with E-state index in [0.717, 1.165) is 32.7 Å². The summed E-state index contributed by atoms with van der Waals surface area (Å²) in [5.74, 6) is -2.45.